The molecular weight excluding hydrogens is 717 g/mol. The Morgan fingerprint density at radius 1 is 0.655 bits per heavy atom. The van der Waals surface area contributed by atoms with E-state index in [9.17, 15) is 19.0 Å². The number of quaternary nitrogens is 1. The molecule has 0 aromatic heterocycles. The molecule has 55 heavy (non-hydrogen) atoms. The summed E-state index contributed by atoms with van der Waals surface area (Å²) in [5, 5.41) is 0. The van der Waals surface area contributed by atoms with Crippen LogP contribution >= 0.6 is 7.82 Å². The zero-order valence-corrected chi connectivity index (χ0v) is 37.0. The Morgan fingerprint density at radius 2 is 1.16 bits per heavy atom. The average Bonchev–Trinajstić information content (AvgIpc) is 3.89. The van der Waals surface area contributed by atoms with E-state index in [-0.39, 0.29) is 26.1 Å². The minimum atomic E-state index is -4.63. The molecule has 324 valence electrons. The molecule has 0 N–H and O–H groups in total. The molecule has 0 spiro atoms. The highest BCUT2D eigenvalue weighted by Gasteiger charge is 2.36. The molecule has 1 fully saturated rings. The minimum Gasteiger partial charge on any atom is -0.756 e. The van der Waals surface area contributed by atoms with Crippen LogP contribution in [0.3, 0.4) is 0 Å². The molecule has 1 aliphatic heterocycles. The van der Waals surface area contributed by atoms with Crippen molar-refractivity contribution in [2.45, 2.75) is 212 Å². The molecule has 0 aliphatic carbocycles. The highest BCUT2D eigenvalue weighted by molar-refractivity contribution is 7.45. The summed E-state index contributed by atoms with van der Waals surface area (Å²) < 4.78 is 39.7. The first-order chi connectivity index (χ1) is 26.5. The van der Waals surface area contributed by atoms with Gasteiger partial charge in [-0.25, -0.2) is 0 Å². The van der Waals surface area contributed by atoms with Crippen molar-refractivity contribution >= 4 is 19.8 Å². The molecule has 1 rings (SSSR count). The summed E-state index contributed by atoms with van der Waals surface area (Å²) in [6.07, 6.45) is 35.4. The zero-order chi connectivity index (χ0) is 40.5. The third kappa shape index (κ3) is 34.5. The molecule has 1 aliphatic rings. The smallest absolute Gasteiger partial charge is 0.306 e. The first-order valence-electron chi connectivity index (χ1n) is 22.5. The van der Waals surface area contributed by atoms with Crippen molar-refractivity contribution < 1.29 is 46.8 Å². The zero-order valence-electron chi connectivity index (χ0n) is 36.1. The Kier molecular flexibility index (Phi) is 31.7. The van der Waals surface area contributed by atoms with E-state index in [0.717, 1.165) is 51.4 Å². The maximum absolute atomic E-state index is 12.7. The lowest BCUT2D eigenvalue weighted by molar-refractivity contribution is -0.870. The van der Waals surface area contributed by atoms with Gasteiger partial charge in [0.1, 0.15) is 19.8 Å². The van der Waals surface area contributed by atoms with E-state index < -0.39 is 32.5 Å². The van der Waals surface area contributed by atoms with Crippen LogP contribution in [0.4, 0.5) is 0 Å². The second-order valence-corrected chi connectivity index (χ2v) is 18.2. The summed E-state index contributed by atoms with van der Waals surface area (Å²) in [5.74, 6) is -0.848. The lowest BCUT2D eigenvalue weighted by atomic mass is 10.0. The fraction of sp³-hybridized carbons (Fsp3) is 0.909. The number of hydrogen-bond acceptors (Lipinski definition) is 9. The number of phosphoric ester groups is 1. The Balaban J connectivity index is 2.26. The number of likely N-dealkylation sites (N-methyl/N-ethyl adjacent to an activating group) is 1. The van der Waals surface area contributed by atoms with Crippen molar-refractivity contribution in [3.8, 4) is 0 Å². The molecule has 3 unspecified atom stereocenters. The van der Waals surface area contributed by atoms with Gasteiger partial charge in [-0.15, -0.1) is 0 Å². The van der Waals surface area contributed by atoms with Gasteiger partial charge in [-0.1, -0.05) is 154 Å². The van der Waals surface area contributed by atoms with Crippen molar-refractivity contribution in [2.24, 2.45) is 0 Å². The number of ether oxygens (including phenoxy) is 3. The van der Waals surface area contributed by atoms with Crippen molar-refractivity contribution in [1.29, 1.82) is 0 Å². The standard InChI is InChI=1S/C44H84NO9P/c1-6-8-10-11-12-13-14-15-16-17-18-19-24-27-31-35-44(47)53-40(39-52-55(48,49)51-37-36-45(3,4)5)38-50-43(46)34-30-26-23-21-20-22-25-29-33-42-41(54-42)32-28-9-7-2/h25,29,40-42H,6-24,26-28,30-39H2,1-5H3/b29-25-/t40-,41?,42?/m1/s1. The van der Waals surface area contributed by atoms with Gasteiger partial charge in [0.2, 0.25) is 0 Å². The van der Waals surface area contributed by atoms with Crippen LogP contribution in [0, 0.1) is 0 Å². The lowest BCUT2D eigenvalue weighted by Crippen LogP contribution is -2.37. The lowest BCUT2D eigenvalue weighted by Gasteiger charge is -2.28. The first-order valence-corrected chi connectivity index (χ1v) is 24.0. The number of hydrogen-bond donors (Lipinski definition) is 0. The van der Waals surface area contributed by atoms with Crippen LogP contribution in [-0.4, -0.2) is 82.2 Å². The molecule has 0 radical (unpaired) electrons. The van der Waals surface area contributed by atoms with Gasteiger partial charge in [0.05, 0.1) is 40.0 Å². The van der Waals surface area contributed by atoms with Crippen molar-refractivity contribution in [2.75, 3.05) is 47.5 Å². The van der Waals surface area contributed by atoms with Gasteiger partial charge in [0.25, 0.3) is 7.82 Å². The van der Waals surface area contributed by atoms with Gasteiger partial charge in [0, 0.05) is 12.8 Å². The van der Waals surface area contributed by atoms with Gasteiger partial charge in [-0.3, -0.25) is 14.2 Å². The van der Waals surface area contributed by atoms with Gasteiger partial charge in [-0.2, -0.15) is 0 Å². The van der Waals surface area contributed by atoms with Crippen molar-refractivity contribution in [3.05, 3.63) is 12.2 Å². The predicted molar refractivity (Wildman–Crippen MR) is 222 cm³/mol. The Morgan fingerprint density at radius 3 is 1.73 bits per heavy atom. The van der Waals surface area contributed by atoms with Gasteiger partial charge in [-0.05, 0) is 38.5 Å². The average molecular weight is 802 g/mol. The predicted octanol–water partition coefficient (Wildman–Crippen LogP) is 10.9. The molecule has 0 saturated carbocycles. The molecular formula is C44H84NO9P. The molecule has 0 aromatic carbocycles. The molecule has 1 heterocycles. The number of carbonyl (C=O) groups excluding carboxylic acids is 2. The largest absolute Gasteiger partial charge is 0.756 e. The van der Waals surface area contributed by atoms with Crippen LogP contribution in [0.15, 0.2) is 12.2 Å². The fourth-order valence-electron chi connectivity index (χ4n) is 6.54. The van der Waals surface area contributed by atoms with Crippen molar-refractivity contribution in [3.63, 3.8) is 0 Å². The van der Waals surface area contributed by atoms with Crippen LogP contribution in [0.25, 0.3) is 0 Å². The first kappa shape index (κ1) is 51.7. The third-order valence-corrected chi connectivity index (χ3v) is 11.2. The number of allylic oxidation sites excluding steroid dienone is 1. The fourth-order valence-corrected chi connectivity index (χ4v) is 7.27. The molecule has 0 amide bonds. The summed E-state index contributed by atoms with van der Waals surface area (Å²) in [6, 6.07) is 0. The van der Waals surface area contributed by atoms with Crippen LogP contribution in [0.1, 0.15) is 194 Å². The van der Waals surface area contributed by atoms with E-state index in [1.54, 1.807) is 0 Å². The van der Waals surface area contributed by atoms with Gasteiger partial charge >= 0.3 is 11.9 Å². The van der Waals surface area contributed by atoms with E-state index in [4.69, 9.17) is 23.3 Å². The number of phosphoric acid groups is 1. The van der Waals surface area contributed by atoms with Crippen LogP contribution in [-0.2, 0) is 37.4 Å². The van der Waals surface area contributed by atoms with Gasteiger partial charge in [0.15, 0.2) is 6.10 Å². The SMILES string of the molecule is CCCCCCCCCCCCCCCCCC(=O)O[C@H](COC(=O)CCCCCCC/C=C\CC1OC1CCCCC)COP(=O)([O-])OCC[N+](C)(C)C. The van der Waals surface area contributed by atoms with E-state index in [2.05, 4.69) is 26.0 Å². The summed E-state index contributed by atoms with van der Waals surface area (Å²) in [6.45, 7) is 4.19. The molecule has 0 bridgehead atoms. The summed E-state index contributed by atoms with van der Waals surface area (Å²) in [5.41, 5.74) is 0. The molecule has 0 aromatic rings. The van der Waals surface area contributed by atoms with E-state index in [1.165, 1.54) is 103 Å². The molecule has 1 saturated heterocycles. The summed E-state index contributed by atoms with van der Waals surface area (Å²) in [4.78, 5) is 37.5. The topological polar surface area (TPSA) is 124 Å². The number of rotatable bonds is 40. The second kappa shape index (κ2) is 33.7. The number of esters is 2. The Bertz CT molecular complexity index is 1020. The van der Waals surface area contributed by atoms with Crippen LogP contribution in [0.5, 0.6) is 0 Å². The Labute approximate surface area is 337 Å². The summed E-state index contributed by atoms with van der Waals surface area (Å²) in [7, 11) is 1.16. The molecule has 4 atom stereocenters. The maximum atomic E-state index is 12.7. The third-order valence-electron chi connectivity index (χ3n) is 10.2. The monoisotopic (exact) mass is 802 g/mol. The Hall–Kier alpha value is -1.29. The van der Waals surface area contributed by atoms with E-state index >= 15 is 0 Å². The number of nitrogens with zero attached hydrogens (tertiary/aromatic N) is 1. The summed E-state index contributed by atoms with van der Waals surface area (Å²) >= 11 is 0. The maximum Gasteiger partial charge on any atom is 0.306 e. The minimum absolute atomic E-state index is 0.0326. The second-order valence-electron chi connectivity index (χ2n) is 16.8. The molecule has 10 nitrogen and oxygen atoms in total. The number of unbranched alkanes of at least 4 members (excludes halogenated alkanes) is 21. The van der Waals surface area contributed by atoms with Crippen LogP contribution < -0.4 is 4.89 Å². The van der Waals surface area contributed by atoms with Crippen LogP contribution in [0.2, 0.25) is 0 Å². The highest BCUT2D eigenvalue weighted by atomic mass is 31.2. The quantitative estimate of drug-likeness (QED) is 0.0149. The highest BCUT2D eigenvalue weighted by Crippen LogP contribution is 2.38. The van der Waals surface area contributed by atoms with Crippen molar-refractivity contribution in [1.82, 2.24) is 0 Å². The van der Waals surface area contributed by atoms with E-state index in [1.807, 2.05) is 21.1 Å². The van der Waals surface area contributed by atoms with E-state index in [0.29, 0.717) is 36.1 Å². The number of epoxide rings is 1. The molecule has 11 heteroatoms. The normalized spacial score (nSPS) is 17.3. The van der Waals surface area contributed by atoms with Gasteiger partial charge < -0.3 is 32.6 Å². The number of carbonyl (C=O) groups is 2.